The number of methoxy groups -OCH3 is 1. The normalized spacial score (nSPS) is 11.5. The van der Waals surface area contributed by atoms with E-state index in [0.717, 1.165) is 5.56 Å². The maximum Gasteiger partial charge on any atom is 0.306 e. The quantitative estimate of drug-likeness (QED) is 0.705. The summed E-state index contributed by atoms with van der Waals surface area (Å²) in [5.41, 5.74) is 1.00. The van der Waals surface area contributed by atoms with Crippen LogP contribution in [0.3, 0.4) is 0 Å². The van der Waals surface area contributed by atoms with Gasteiger partial charge in [-0.1, -0.05) is 30.3 Å². The van der Waals surface area contributed by atoms with E-state index in [9.17, 15) is 4.79 Å². The van der Waals surface area contributed by atoms with Crippen molar-refractivity contribution in [1.29, 1.82) is 5.26 Å². The second-order valence-electron chi connectivity index (χ2n) is 3.25. The van der Waals surface area contributed by atoms with Crippen molar-refractivity contribution in [2.75, 3.05) is 7.11 Å². The highest BCUT2D eigenvalue weighted by atomic mass is 16.5. The van der Waals surface area contributed by atoms with Gasteiger partial charge in [-0.15, -0.1) is 0 Å². The highest BCUT2D eigenvalue weighted by molar-refractivity contribution is 5.70. The smallest absolute Gasteiger partial charge is 0.306 e. The van der Waals surface area contributed by atoms with Crippen molar-refractivity contribution >= 4 is 5.97 Å². The van der Waals surface area contributed by atoms with Crippen LogP contribution in [-0.2, 0) is 9.53 Å². The van der Waals surface area contributed by atoms with Gasteiger partial charge in [-0.2, -0.15) is 5.26 Å². The van der Waals surface area contributed by atoms with Crippen molar-refractivity contribution in [3.8, 4) is 6.07 Å². The molecule has 1 rings (SSSR count). The number of hydrogen-bond donors (Lipinski definition) is 0. The first kappa shape index (κ1) is 11.3. The Morgan fingerprint density at radius 3 is 2.67 bits per heavy atom. The molecule has 1 aromatic rings. The lowest BCUT2D eigenvalue weighted by Crippen LogP contribution is -2.08. The van der Waals surface area contributed by atoms with Gasteiger partial charge >= 0.3 is 5.97 Å². The zero-order chi connectivity index (χ0) is 11.1. The van der Waals surface area contributed by atoms with Gasteiger partial charge in [0, 0.05) is 12.3 Å². The van der Waals surface area contributed by atoms with E-state index >= 15 is 0 Å². The fourth-order valence-corrected chi connectivity index (χ4v) is 1.43. The second-order valence-corrected chi connectivity index (χ2v) is 3.25. The molecule has 0 saturated heterocycles. The van der Waals surface area contributed by atoms with E-state index in [-0.39, 0.29) is 18.3 Å². The predicted octanol–water partition coefficient (Wildman–Crippen LogP) is 2.25. The summed E-state index contributed by atoms with van der Waals surface area (Å²) >= 11 is 0. The Morgan fingerprint density at radius 1 is 1.47 bits per heavy atom. The van der Waals surface area contributed by atoms with Crippen LogP contribution in [0.2, 0.25) is 0 Å². The first-order valence-corrected chi connectivity index (χ1v) is 4.76. The third-order valence-corrected chi connectivity index (χ3v) is 2.25. The molecular formula is C12H13NO2. The van der Waals surface area contributed by atoms with E-state index in [2.05, 4.69) is 10.8 Å². The number of nitriles is 1. The van der Waals surface area contributed by atoms with Gasteiger partial charge < -0.3 is 4.74 Å². The lowest BCUT2D eigenvalue weighted by atomic mass is 9.93. The number of ether oxygens (including phenoxy) is 1. The van der Waals surface area contributed by atoms with Gasteiger partial charge in [-0.25, -0.2) is 0 Å². The zero-order valence-corrected chi connectivity index (χ0v) is 8.64. The molecule has 1 atom stereocenters. The Balaban J connectivity index is 2.75. The molecule has 0 amide bonds. The van der Waals surface area contributed by atoms with Gasteiger partial charge in [-0.05, 0) is 5.56 Å². The second kappa shape index (κ2) is 5.82. The van der Waals surface area contributed by atoms with Crippen LogP contribution in [0.4, 0.5) is 0 Å². The Hall–Kier alpha value is -1.82. The third kappa shape index (κ3) is 3.43. The minimum atomic E-state index is -0.279. The summed E-state index contributed by atoms with van der Waals surface area (Å²) in [6.45, 7) is 0. The monoisotopic (exact) mass is 203 g/mol. The van der Waals surface area contributed by atoms with Gasteiger partial charge in [0.15, 0.2) is 0 Å². The van der Waals surface area contributed by atoms with Gasteiger partial charge in [0.25, 0.3) is 0 Å². The van der Waals surface area contributed by atoms with Gasteiger partial charge in [0.1, 0.15) is 0 Å². The molecule has 0 N–H and O–H groups in total. The number of esters is 1. The average Bonchev–Trinajstić information content (AvgIpc) is 2.29. The number of nitrogens with zero attached hydrogens (tertiary/aromatic N) is 1. The van der Waals surface area contributed by atoms with Gasteiger partial charge in [-0.3, -0.25) is 4.79 Å². The largest absolute Gasteiger partial charge is 0.469 e. The fourth-order valence-electron chi connectivity index (χ4n) is 1.43. The molecule has 1 unspecified atom stereocenters. The molecule has 0 radical (unpaired) electrons. The zero-order valence-electron chi connectivity index (χ0n) is 8.64. The maximum atomic E-state index is 11.1. The van der Waals surface area contributed by atoms with E-state index in [1.54, 1.807) is 0 Å². The van der Waals surface area contributed by atoms with Crippen molar-refractivity contribution in [2.24, 2.45) is 0 Å². The standard InChI is InChI=1S/C12H13NO2/c1-15-12(14)9-11(7-8-13)10-5-3-2-4-6-10/h2-6,11H,7,9H2,1H3. The summed E-state index contributed by atoms with van der Waals surface area (Å²) in [4.78, 5) is 11.1. The highest BCUT2D eigenvalue weighted by Crippen LogP contribution is 2.23. The molecule has 78 valence electrons. The molecule has 0 aliphatic carbocycles. The number of rotatable bonds is 4. The van der Waals surface area contributed by atoms with Crippen LogP contribution in [0.25, 0.3) is 0 Å². The van der Waals surface area contributed by atoms with Crippen LogP contribution in [0.1, 0.15) is 24.3 Å². The average molecular weight is 203 g/mol. The molecule has 3 nitrogen and oxygen atoms in total. The number of benzene rings is 1. The Morgan fingerprint density at radius 2 is 2.13 bits per heavy atom. The number of carbonyl (C=O) groups excluding carboxylic acids is 1. The molecule has 0 aromatic heterocycles. The van der Waals surface area contributed by atoms with Gasteiger partial charge in [0.2, 0.25) is 0 Å². The molecule has 0 aliphatic rings. The Labute approximate surface area is 89.3 Å². The fraction of sp³-hybridized carbons (Fsp3) is 0.333. The van der Waals surface area contributed by atoms with E-state index in [4.69, 9.17) is 5.26 Å². The lowest BCUT2D eigenvalue weighted by Gasteiger charge is -2.12. The van der Waals surface area contributed by atoms with Crippen LogP contribution >= 0.6 is 0 Å². The summed E-state index contributed by atoms with van der Waals surface area (Å²) in [6.07, 6.45) is 0.590. The van der Waals surface area contributed by atoms with Crippen LogP contribution < -0.4 is 0 Å². The Kier molecular flexibility index (Phi) is 4.36. The third-order valence-electron chi connectivity index (χ3n) is 2.25. The van der Waals surface area contributed by atoms with E-state index in [1.807, 2.05) is 30.3 Å². The van der Waals surface area contributed by atoms with Crippen molar-refractivity contribution in [2.45, 2.75) is 18.8 Å². The van der Waals surface area contributed by atoms with Crippen LogP contribution in [0, 0.1) is 11.3 Å². The molecule has 1 aromatic carbocycles. The first-order valence-electron chi connectivity index (χ1n) is 4.76. The molecule has 3 heteroatoms. The summed E-state index contributed by atoms with van der Waals surface area (Å²) in [5.74, 6) is -0.345. The maximum absolute atomic E-state index is 11.1. The molecule has 0 saturated carbocycles. The summed E-state index contributed by atoms with van der Waals surface area (Å²) in [7, 11) is 1.36. The van der Waals surface area contributed by atoms with Crippen LogP contribution in [0.15, 0.2) is 30.3 Å². The highest BCUT2D eigenvalue weighted by Gasteiger charge is 2.15. The number of hydrogen-bond acceptors (Lipinski definition) is 3. The summed E-state index contributed by atoms with van der Waals surface area (Å²) < 4.78 is 4.60. The van der Waals surface area contributed by atoms with Crippen molar-refractivity contribution < 1.29 is 9.53 Å². The lowest BCUT2D eigenvalue weighted by molar-refractivity contribution is -0.141. The topological polar surface area (TPSA) is 50.1 Å². The minimum absolute atomic E-state index is 0.0661. The van der Waals surface area contributed by atoms with Crippen molar-refractivity contribution in [1.82, 2.24) is 0 Å². The molecule has 15 heavy (non-hydrogen) atoms. The molecule has 0 fully saturated rings. The van der Waals surface area contributed by atoms with Gasteiger partial charge in [0.05, 0.1) is 19.6 Å². The molecular weight excluding hydrogens is 190 g/mol. The molecule has 0 bridgehead atoms. The first-order chi connectivity index (χ1) is 7.27. The molecule has 0 heterocycles. The Bertz CT molecular complexity index is 354. The molecule has 0 aliphatic heterocycles. The van der Waals surface area contributed by atoms with Crippen LogP contribution in [0.5, 0.6) is 0 Å². The predicted molar refractivity (Wildman–Crippen MR) is 56.0 cm³/mol. The molecule has 0 spiro atoms. The minimum Gasteiger partial charge on any atom is -0.469 e. The SMILES string of the molecule is COC(=O)CC(CC#N)c1ccccc1. The van der Waals surface area contributed by atoms with Crippen LogP contribution in [-0.4, -0.2) is 13.1 Å². The van der Waals surface area contributed by atoms with Crippen molar-refractivity contribution in [3.05, 3.63) is 35.9 Å². The van der Waals surface area contributed by atoms with E-state index < -0.39 is 0 Å². The van der Waals surface area contributed by atoms with E-state index in [1.165, 1.54) is 7.11 Å². The summed E-state index contributed by atoms with van der Waals surface area (Å²) in [6, 6.07) is 11.6. The summed E-state index contributed by atoms with van der Waals surface area (Å²) in [5, 5.41) is 8.68. The number of carbonyl (C=O) groups is 1. The van der Waals surface area contributed by atoms with Crippen molar-refractivity contribution in [3.63, 3.8) is 0 Å². The van der Waals surface area contributed by atoms with E-state index in [0.29, 0.717) is 6.42 Å².